The Morgan fingerprint density at radius 2 is 2.07 bits per heavy atom. The van der Waals surface area contributed by atoms with Gasteiger partial charge in [-0.1, -0.05) is 6.08 Å². The van der Waals surface area contributed by atoms with E-state index < -0.39 is 5.82 Å². The van der Waals surface area contributed by atoms with E-state index in [9.17, 15) is 4.39 Å². The van der Waals surface area contributed by atoms with E-state index in [1.165, 1.54) is 13.2 Å². The highest BCUT2D eigenvalue weighted by Gasteiger charge is 2.19. The van der Waals surface area contributed by atoms with Crippen molar-refractivity contribution in [2.45, 2.75) is 6.92 Å². The highest BCUT2D eigenvalue weighted by atomic mass is 19.1. The topological polar surface area (TPSA) is 64.2 Å². The van der Waals surface area contributed by atoms with Crippen LogP contribution in [-0.4, -0.2) is 54.7 Å². The molecule has 0 bridgehead atoms. The molecule has 0 atom stereocenters. The van der Waals surface area contributed by atoms with Crippen LogP contribution in [0.1, 0.15) is 18.1 Å². The van der Waals surface area contributed by atoms with E-state index in [4.69, 9.17) is 9.47 Å². The molecule has 0 saturated carbocycles. The number of hydrogen-bond acceptors (Lipinski definition) is 6. The quantitative estimate of drug-likeness (QED) is 0.619. The van der Waals surface area contributed by atoms with E-state index in [2.05, 4.69) is 26.7 Å². The van der Waals surface area contributed by atoms with Gasteiger partial charge in [0.1, 0.15) is 0 Å². The highest BCUT2D eigenvalue weighted by Crippen LogP contribution is 2.37. The second-order valence-electron chi connectivity index (χ2n) is 6.60. The number of methoxy groups -OCH3 is 1. The zero-order chi connectivity index (χ0) is 20.4. The average molecular weight is 395 g/mol. The largest absolute Gasteiger partial charge is 0.494 e. The lowest BCUT2D eigenvalue weighted by Crippen LogP contribution is -2.36. The number of hydrogen-bond donors (Lipinski definition) is 0. The molecular formula is C21H22FN5O2. The summed E-state index contributed by atoms with van der Waals surface area (Å²) in [6, 6.07) is 2.95. The predicted molar refractivity (Wildman–Crippen MR) is 111 cm³/mol. The first kappa shape index (κ1) is 19.1. The molecular weight excluding hydrogens is 373 g/mol. The van der Waals surface area contributed by atoms with Gasteiger partial charge >= 0.3 is 0 Å². The zero-order valence-corrected chi connectivity index (χ0v) is 16.4. The molecule has 150 valence electrons. The third-order valence-corrected chi connectivity index (χ3v) is 5.03. The zero-order valence-electron chi connectivity index (χ0n) is 16.4. The van der Waals surface area contributed by atoms with E-state index in [1.807, 2.05) is 25.4 Å². The maximum absolute atomic E-state index is 14.1. The predicted octanol–water partition coefficient (Wildman–Crippen LogP) is 3.50. The summed E-state index contributed by atoms with van der Waals surface area (Å²) in [4.78, 5) is 10.9. The lowest BCUT2D eigenvalue weighted by Gasteiger charge is -2.28. The number of ether oxygens (including phenoxy) is 2. The van der Waals surface area contributed by atoms with Crippen LogP contribution in [0.15, 0.2) is 41.8 Å². The molecule has 29 heavy (non-hydrogen) atoms. The van der Waals surface area contributed by atoms with Crippen LogP contribution in [-0.2, 0) is 4.74 Å². The van der Waals surface area contributed by atoms with Crippen LogP contribution >= 0.6 is 0 Å². The third kappa shape index (κ3) is 3.47. The van der Waals surface area contributed by atoms with Crippen molar-refractivity contribution >= 4 is 29.3 Å². The SMILES string of the molecule is C=Nc1cc(F)c(OC)cc1/C(=C\C)c1cnn2cc(N3CCOCC3)cnc12. The summed E-state index contributed by atoms with van der Waals surface area (Å²) in [7, 11) is 1.43. The summed E-state index contributed by atoms with van der Waals surface area (Å²) in [5.41, 5.74) is 4.48. The highest BCUT2D eigenvalue weighted by molar-refractivity contribution is 5.90. The van der Waals surface area contributed by atoms with E-state index in [0.29, 0.717) is 30.1 Å². The molecule has 1 saturated heterocycles. The van der Waals surface area contributed by atoms with Gasteiger partial charge in [0, 0.05) is 30.3 Å². The van der Waals surface area contributed by atoms with Crippen molar-refractivity contribution < 1.29 is 13.9 Å². The number of aliphatic imine (C=N–C) groups is 1. The summed E-state index contributed by atoms with van der Waals surface area (Å²) in [5, 5.41) is 4.49. The van der Waals surface area contributed by atoms with Gasteiger partial charge in [0.2, 0.25) is 0 Å². The first-order valence-corrected chi connectivity index (χ1v) is 9.33. The van der Waals surface area contributed by atoms with Crippen LogP contribution in [0, 0.1) is 5.82 Å². The molecule has 4 rings (SSSR count). The molecule has 0 amide bonds. The minimum atomic E-state index is -0.484. The number of fused-ring (bicyclic) bond motifs is 1. The number of nitrogens with zero attached hydrogens (tertiary/aromatic N) is 5. The number of morpholine rings is 1. The summed E-state index contributed by atoms with van der Waals surface area (Å²) in [6.45, 7) is 8.54. The molecule has 2 aromatic heterocycles. The molecule has 1 aromatic carbocycles. The van der Waals surface area contributed by atoms with Crippen LogP contribution < -0.4 is 9.64 Å². The van der Waals surface area contributed by atoms with Crippen molar-refractivity contribution in [3.63, 3.8) is 0 Å². The molecule has 0 N–H and O–H groups in total. The second-order valence-corrected chi connectivity index (χ2v) is 6.60. The standard InChI is InChI=1S/C21H22FN5O2/c1-4-15(16-9-20(28-3)18(22)10-19(16)23-2)17-12-25-27-13-14(11-24-21(17)27)26-5-7-29-8-6-26/h4,9-13H,2,5-8H2,1,3H3/b15-4+. The maximum Gasteiger partial charge on any atom is 0.167 e. The van der Waals surface area contributed by atoms with Gasteiger partial charge in [0.25, 0.3) is 0 Å². The number of allylic oxidation sites excluding steroid dienone is 1. The van der Waals surface area contributed by atoms with Gasteiger partial charge in [-0.25, -0.2) is 13.9 Å². The maximum atomic E-state index is 14.1. The fourth-order valence-electron chi connectivity index (χ4n) is 3.54. The van der Waals surface area contributed by atoms with E-state index in [-0.39, 0.29) is 5.75 Å². The smallest absolute Gasteiger partial charge is 0.167 e. The third-order valence-electron chi connectivity index (χ3n) is 5.03. The molecule has 0 unspecified atom stereocenters. The normalized spacial score (nSPS) is 15.0. The Morgan fingerprint density at radius 1 is 1.28 bits per heavy atom. The molecule has 0 spiro atoms. The number of rotatable bonds is 5. The lowest BCUT2D eigenvalue weighted by atomic mass is 9.97. The summed E-state index contributed by atoms with van der Waals surface area (Å²) >= 11 is 0. The Bertz CT molecular complexity index is 1090. The van der Waals surface area contributed by atoms with Gasteiger partial charge in [0.15, 0.2) is 17.2 Å². The minimum absolute atomic E-state index is 0.144. The van der Waals surface area contributed by atoms with Gasteiger partial charge in [-0.15, -0.1) is 0 Å². The second kappa shape index (κ2) is 8.00. The Labute approximate surface area is 168 Å². The number of benzene rings is 1. The van der Waals surface area contributed by atoms with Crippen LogP contribution in [0.4, 0.5) is 15.8 Å². The number of anilines is 1. The molecule has 8 heteroatoms. The molecule has 1 aliphatic heterocycles. The summed E-state index contributed by atoms with van der Waals surface area (Å²) in [6.07, 6.45) is 7.48. The molecule has 3 heterocycles. The summed E-state index contributed by atoms with van der Waals surface area (Å²) < 4.78 is 26.4. The van der Waals surface area contributed by atoms with Gasteiger partial charge in [-0.2, -0.15) is 5.10 Å². The molecule has 1 fully saturated rings. The van der Waals surface area contributed by atoms with E-state index in [0.717, 1.165) is 29.9 Å². The van der Waals surface area contributed by atoms with Gasteiger partial charge < -0.3 is 14.4 Å². The fraction of sp³-hybridized carbons (Fsp3) is 0.286. The van der Waals surface area contributed by atoms with Gasteiger partial charge in [0.05, 0.1) is 50.3 Å². The van der Waals surface area contributed by atoms with Crippen LogP contribution in [0.5, 0.6) is 5.75 Å². The lowest BCUT2D eigenvalue weighted by molar-refractivity contribution is 0.122. The van der Waals surface area contributed by atoms with Gasteiger partial charge in [-0.3, -0.25) is 4.99 Å². The van der Waals surface area contributed by atoms with Gasteiger partial charge in [-0.05, 0) is 25.3 Å². The molecule has 1 aliphatic rings. The number of aromatic nitrogens is 3. The van der Waals surface area contributed by atoms with Crippen molar-refractivity contribution in [2.75, 3.05) is 38.3 Å². The van der Waals surface area contributed by atoms with Crippen molar-refractivity contribution in [1.29, 1.82) is 0 Å². The fourth-order valence-corrected chi connectivity index (χ4v) is 3.54. The monoisotopic (exact) mass is 395 g/mol. The Balaban J connectivity index is 1.78. The first-order valence-electron chi connectivity index (χ1n) is 9.33. The minimum Gasteiger partial charge on any atom is -0.494 e. The number of halogens is 1. The molecule has 3 aromatic rings. The summed E-state index contributed by atoms with van der Waals surface area (Å²) in [5.74, 6) is -0.340. The molecule has 7 nitrogen and oxygen atoms in total. The first-order chi connectivity index (χ1) is 14.2. The van der Waals surface area contributed by atoms with Crippen molar-refractivity contribution in [3.05, 3.63) is 53.7 Å². The Morgan fingerprint density at radius 3 is 2.76 bits per heavy atom. The van der Waals surface area contributed by atoms with Crippen LogP contribution in [0.3, 0.4) is 0 Å². The van der Waals surface area contributed by atoms with Crippen LogP contribution in [0.25, 0.3) is 11.2 Å². The molecule has 0 radical (unpaired) electrons. The Kier molecular flexibility index (Phi) is 5.26. The van der Waals surface area contributed by atoms with Crippen molar-refractivity contribution in [2.24, 2.45) is 4.99 Å². The van der Waals surface area contributed by atoms with Crippen molar-refractivity contribution in [3.8, 4) is 5.75 Å². The average Bonchev–Trinajstić information content (AvgIpc) is 3.18. The van der Waals surface area contributed by atoms with E-state index in [1.54, 1.807) is 16.8 Å². The molecule has 0 aliphatic carbocycles. The van der Waals surface area contributed by atoms with E-state index >= 15 is 0 Å². The van der Waals surface area contributed by atoms with Crippen molar-refractivity contribution in [1.82, 2.24) is 14.6 Å². The Hall–Kier alpha value is -3.26. The van der Waals surface area contributed by atoms with Crippen LogP contribution in [0.2, 0.25) is 0 Å².